The molecular formula is C23H23BrN4O4S. The number of fused-ring (bicyclic) bond motifs is 3. The SMILES string of the molecule is COc1cc2c(cc1Br)-c1c(-c3cccs3)nc(C(=O)N3C[C@@H](O)C[C@]3(C)C(N)=O)n1CC2. The molecule has 10 heteroatoms. The van der Waals surface area contributed by atoms with E-state index in [9.17, 15) is 14.7 Å². The normalized spacial score (nSPS) is 21.6. The van der Waals surface area contributed by atoms with Crippen LogP contribution in [0.1, 0.15) is 29.5 Å². The minimum Gasteiger partial charge on any atom is -0.496 e. The highest BCUT2D eigenvalue weighted by molar-refractivity contribution is 9.10. The van der Waals surface area contributed by atoms with E-state index in [1.807, 2.05) is 34.2 Å². The maximum Gasteiger partial charge on any atom is 0.290 e. The number of rotatable bonds is 4. The highest BCUT2D eigenvalue weighted by atomic mass is 79.9. The zero-order valence-electron chi connectivity index (χ0n) is 18.2. The number of thiophene rings is 1. The number of ether oxygens (including phenoxy) is 1. The summed E-state index contributed by atoms with van der Waals surface area (Å²) < 4.78 is 8.21. The van der Waals surface area contributed by atoms with Gasteiger partial charge in [-0.25, -0.2) is 4.98 Å². The molecule has 1 saturated heterocycles. The zero-order chi connectivity index (χ0) is 23.5. The number of hydrogen-bond donors (Lipinski definition) is 2. The van der Waals surface area contributed by atoms with Crippen LogP contribution < -0.4 is 10.5 Å². The Morgan fingerprint density at radius 2 is 2.18 bits per heavy atom. The molecule has 0 unspecified atom stereocenters. The van der Waals surface area contributed by atoms with Gasteiger partial charge in [0.1, 0.15) is 17.0 Å². The molecule has 33 heavy (non-hydrogen) atoms. The molecule has 0 saturated carbocycles. The number of benzene rings is 1. The fourth-order valence-corrected chi connectivity index (χ4v) is 6.03. The third-order valence-electron chi connectivity index (χ3n) is 6.55. The van der Waals surface area contributed by atoms with Gasteiger partial charge in [-0.05, 0) is 58.4 Å². The van der Waals surface area contributed by atoms with Gasteiger partial charge in [0.2, 0.25) is 5.91 Å². The van der Waals surface area contributed by atoms with Gasteiger partial charge < -0.3 is 25.0 Å². The molecule has 8 nitrogen and oxygen atoms in total. The number of nitrogens with two attached hydrogens (primary N) is 1. The van der Waals surface area contributed by atoms with E-state index in [0.717, 1.165) is 31.9 Å². The Hall–Kier alpha value is -2.69. The Kier molecular flexibility index (Phi) is 5.34. The molecule has 5 rings (SSSR count). The van der Waals surface area contributed by atoms with Crippen molar-refractivity contribution in [2.45, 2.75) is 38.0 Å². The third-order valence-corrected chi connectivity index (χ3v) is 8.05. The fraction of sp³-hybridized carbons (Fsp3) is 0.348. The lowest BCUT2D eigenvalue weighted by Gasteiger charge is -2.32. The topological polar surface area (TPSA) is 111 Å². The van der Waals surface area contributed by atoms with Gasteiger partial charge in [-0.2, -0.15) is 0 Å². The number of carbonyl (C=O) groups is 2. The average molecular weight is 531 g/mol. The van der Waals surface area contributed by atoms with Gasteiger partial charge in [-0.15, -0.1) is 11.3 Å². The van der Waals surface area contributed by atoms with Gasteiger partial charge in [-0.1, -0.05) is 6.07 Å². The first-order chi connectivity index (χ1) is 15.7. The monoisotopic (exact) mass is 530 g/mol. The van der Waals surface area contributed by atoms with E-state index in [1.165, 1.54) is 4.90 Å². The second kappa shape index (κ2) is 7.96. The summed E-state index contributed by atoms with van der Waals surface area (Å²) in [5, 5.41) is 12.2. The van der Waals surface area contributed by atoms with E-state index in [-0.39, 0.29) is 18.8 Å². The minimum atomic E-state index is -1.27. The lowest BCUT2D eigenvalue weighted by atomic mass is 9.96. The third kappa shape index (κ3) is 3.39. The Balaban J connectivity index is 1.69. The van der Waals surface area contributed by atoms with Crippen molar-refractivity contribution < 1.29 is 19.4 Å². The molecule has 0 spiro atoms. The smallest absolute Gasteiger partial charge is 0.290 e. The van der Waals surface area contributed by atoms with E-state index in [1.54, 1.807) is 25.4 Å². The van der Waals surface area contributed by atoms with E-state index >= 15 is 0 Å². The lowest BCUT2D eigenvalue weighted by molar-refractivity contribution is -0.126. The second-order valence-corrected chi connectivity index (χ2v) is 10.4. The van der Waals surface area contributed by atoms with Gasteiger partial charge in [0.15, 0.2) is 5.82 Å². The largest absolute Gasteiger partial charge is 0.496 e. The molecule has 2 atom stereocenters. The van der Waals surface area contributed by atoms with Gasteiger partial charge >= 0.3 is 0 Å². The number of amides is 2. The van der Waals surface area contributed by atoms with Crippen molar-refractivity contribution in [2.24, 2.45) is 5.73 Å². The highest BCUT2D eigenvalue weighted by Gasteiger charge is 2.49. The Morgan fingerprint density at radius 1 is 1.39 bits per heavy atom. The molecule has 2 aliphatic rings. The minimum absolute atomic E-state index is 0.0358. The summed E-state index contributed by atoms with van der Waals surface area (Å²) in [6.45, 7) is 2.19. The second-order valence-electron chi connectivity index (χ2n) is 8.57. The fourth-order valence-electron chi connectivity index (χ4n) is 4.81. The van der Waals surface area contributed by atoms with Crippen LogP contribution in [-0.2, 0) is 17.8 Å². The van der Waals surface area contributed by atoms with E-state index in [0.29, 0.717) is 18.7 Å². The van der Waals surface area contributed by atoms with Crippen LogP contribution in [0.25, 0.3) is 21.8 Å². The number of primary amides is 1. The number of methoxy groups -OCH3 is 1. The van der Waals surface area contributed by atoms with E-state index in [4.69, 9.17) is 15.5 Å². The molecule has 1 fully saturated rings. The van der Waals surface area contributed by atoms with Crippen LogP contribution in [0.15, 0.2) is 34.1 Å². The summed E-state index contributed by atoms with van der Waals surface area (Å²) in [5.41, 5.74) is 8.02. The molecule has 1 aromatic carbocycles. The molecule has 3 N–H and O–H groups in total. The van der Waals surface area contributed by atoms with Crippen LogP contribution in [0.2, 0.25) is 0 Å². The van der Waals surface area contributed by atoms with Gasteiger partial charge in [0.25, 0.3) is 5.91 Å². The molecular weight excluding hydrogens is 508 g/mol. The van der Waals surface area contributed by atoms with Gasteiger partial charge in [0.05, 0.1) is 28.3 Å². The quantitative estimate of drug-likeness (QED) is 0.538. The molecule has 0 bridgehead atoms. The first kappa shape index (κ1) is 22.1. The summed E-state index contributed by atoms with van der Waals surface area (Å²) in [6.07, 6.45) is -0.0137. The maximum absolute atomic E-state index is 13.7. The lowest BCUT2D eigenvalue weighted by Crippen LogP contribution is -2.54. The Labute approximate surface area is 203 Å². The number of likely N-dealkylation sites (tertiary alicyclic amines) is 1. The van der Waals surface area contributed by atoms with Crippen molar-refractivity contribution in [3.8, 4) is 27.6 Å². The number of nitrogens with zero attached hydrogens (tertiary/aromatic N) is 3. The predicted octanol–water partition coefficient (Wildman–Crippen LogP) is 3.06. The summed E-state index contributed by atoms with van der Waals surface area (Å²) >= 11 is 5.13. The number of aryl methyl sites for hydroxylation is 1. The van der Waals surface area contributed by atoms with Crippen LogP contribution in [-0.4, -0.2) is 56.7 Å². The number of carbonyl (C=O) groups excluding carboxylic acids is 2. The summed E-state index contributed by atoms with van der Waals surface area (Å²) in [7, 11) is 1.63. The first-order valence-electron chi connectivity index (χ1n) is 10.6. The van der Waals surface area contributed by atoms with Crippen molar-refractivity contribution >= 4 is 39.1 Å². The van der Waals surface area contributed by atoms with Crippen LogP contribution in [0.5, 0.6) is 5.75 Å². The van der Waals surface area contributed by atoms with Gasteiger partial charge in [-0.3, -0.25) is 9.59 Å². The predicted molar refractivity (Wildman–Crippen MR) is 128 cm³/mol. The van der Waals surface area contributed by atoms with Crippen molar-refractivity contribution in [1.82, 2.24) is 14.5 Å². The van der Waals surface area contributed by atoms with E-state index < -0.39 is 23.5 Å². The number of halogens is 1. The number of aliphatic hydroxyl groups excluding tert-OH is 1. The molecule has 172 valence electrons. The van der Waals surface area contributed by atoms with Crippen molar-refractivity contribution in [3.05, 3.63) is 45.5 Å². The van der Waals surface area contributed by atoms with Crippen molar-refractivity contribution in [2.75, 3.05) is 13.7 Å². The van der Waals surface area contributed by atoms with Crippen LogP contribution in [0.4, 0.5) is 0 Å². The Bertz CT molecular complexity index is 1270. The van der Waals surface area contributed by atoms with Crippen molar-refractivity contribution in [1.29, 1.82) is 0 Å². The van der Waals surface area contributed by atoms with Crippen LogP contribution in [0.3, 0.4) is 0 Å². The number of hydrogen-bond acceptors (Lipinski definition) is 6. The summed E-state index contributed by atoms with van der Waals surface area (Å²) in [5.74, 6) is -0.0582. The zero-order valence-corrected chi connectivity index (χ0v) is 20.6. The number of aliphatic hydroxyl groups is 1. The van der Waals surface area contributed by atoms with Crippen molar-refractivity contribution in [3.63, 3.8) is 0 Å². The van der Waals surface area contributed by atoms with Crippen LogP contribution >= 0.6 is 27.3 Å². The van der Waals surface area contributed by atoms with E-state index in [2.05, 4.69) is 15.9 Å². The maximum atomic E-state index is 13.7. The summed E-state index contributed by atoms with van der Waals surface area (Å²) in [4.78, 5) is 33.1. The summed E-state index contributed by atoms with van der Waals surface area (Å²) in [6, 6.07) is 7.93. The van der Waals surface area contributed by atoms with Gasteiger partial charge in [0, 0.05) is 25.1 Å². The standard InChI is InChI=1S/C23H23BrN4O4S/c1-23(22(25)31)10-13(29)11-28(23)21(30)20-26-18(17-4-3-7-33-17)19-14-9-15(24)16(32-2)8-12(14)5-6-27(19)20/h3-4,7-9,13,29H,5-6,10-11H2,1-2H3,(H2,25,31)/t13-,23+/m0/s1. The highest BCUT2D eigenvalue weighted by Crippen LogP contribution is 2.43. The number of aromatic nitrogens is 2. The number of β-amino-alcohol motifs (C(OH)–C–C–N with tert-alkyl or cyclic N) is 1. The molecule has 2 aliphatic heterocycles. The average Bonchev–Trinajstić information content (AvgIpc) is 3.50. The van der Waals surface area contributed by atoms with Crippen LogP contribution in [0, 0.1) is 0 Å². The first-order valence-corrected chi connectivity index (χ1v) is 12.2. The Morgan fingerprint density at radius 3 is 2.85 bits per heavy atom. The molecule has 0 aliphatic carbocycles. The molecule has 0 radical (unpaired) electrons. The molecule has 3 aromatic rings. The number of imidazole rings is 1. The molecule has 4 heterocycles. The molecule has 2 amide bonds. The molecule has 2 aromatic heterocycles.